The quantitative estimate of drug-likeness (QED) is 0.0848. The van der Waals surface area contributed by atoms with Gasteiger partial charge in [-0.3, -0.25) is 0 Å². The molecule has 0 radical (unpaired) electrons. The number of hydrogen-bond acceptors (Lipinski definition) is 4. The Bertz CT molecular complexity index is 2220. The molecule has 66 heavy (non-hydrogen) atoms. The second-order valence-electron chi connectivity index (χ2n) is 24.7. The second-order valence-corrected chi connectivity index (χ2v) is 53.9. The molecule has 4 heterocycles. The fourth-order valence-electron chi connectivity index (χ4n) is 16.0. The minimum Gasteiger partial charge on any atom is -0.145 e. The first-order chi connectivity index (χ1) is 30.5. The summed E-state index contributed by atoms with van der Waals surface area (Å²) in [6.07, 6.45) is 0. The molecule has 0 nitrogen and oxygen atoms in total. The number of benzene rings is 2. The van der Waals surface area contributed by atoms with Crippen LogP contribution in [0.1, 0.15) is 177 Å². The molecule has 0 saturated heterocycles. The molecule has 0 aliphatic rings. The lowest BCUT2D eigenvalue weighted by atomic mass is 10.0. The third-order valence-electron chi connectivity index (χ3n) is 18.3. The maximum absolute atomic E-state index is 2.66. The van der Waals surface area contributed by atoms with E-state index in [1.54, 1.807) is 38.2 Å². The number of rotatable bonds is 16. The Morgan fingerprint density at radius 3 is 0.667 bits per heavy atom. The minimum atomic E-state index is -1.64. The molecular weight excluding hydrogens is 937 g/mol. The maximum Gasteiger partial charge on any atom is 0.107 e. The van der Waals surface area contributed by atoms with Crippen LogP contribution in [-0.2, 0) is 0 Å². The van der Waals surface area contributed by atoms with Crippen molar-refractivity contribution in [2.24, 2.45) is 0 Å². The summed E-state index contributed by atoms with van der Waals surface area (Å²) in [5.41, 5.74) is 12.2. The van der Waals surface area contributed by atoms with Crippen LogP contribution in [0.3, 0.4) is 0 Å². The molecule has 0 N–H and O–H groups in total. The Morgan fingerprint density at radius 2 is 0.470 bits per heavy atom. The first kappa shape index (κ1) is 56.1. The summed E-state index contributed by atoms with van der Waals surface area (Å²) >= 11 is 8.55. The molecule has 0 amide bonds. The van der Waals surface area contributed by atoms with Crippen molar-refractivity contribution in [2.75, 3.05) is 0 Å². The van der Waals surface area contributed by atoms with Crippen molar-refractivity contribution < 1.29 is 0 Å². The van der Waals surface area contributed by atoms with E-state index in [0.717, 1.165) is 66.5 Å². The Kier molecular flexibility index (Phi) is 17.6. The highest BCUT2D eigenvalue weighted by molar-refractivity contribution is 7.35. The van der Waals surface area contributed by atoms with Crippen molar-refractivity contribution in [3.63, 3.8) is 0 Å². The van der Waals surface area contributed by atoms with Crippen LogP contribution in [-0.4, -0.2) is 32.3 Å². The largest absolute Gasteiger partial charge is 0.145 e. The van der Waals surface area contributed by atoms with Crippen molar-refractivity contribution in [1.29, 1.82) is 0 Å². The Morgan fingerprint density at radius 1 is 0.273 bits per heavy atom. The van der Waals surface area contributed by atoms with Crippen LogP contribution in [0, 0.1) is 13.8 Å². The van der Waals surface area contributed by atoms with E-state index in [1.165, 1.54) is 31.3 Å². The summed E-state index contributed by atoms with van der Waals surface area (Å²) in [7, 11) is -6.49. The molecule has 0 aliphatic heterocycles. The summed E-state index contributed by atoms with van der Waals surface area (Å²) in [5.74, 6) is 0. The molecular formula is C58H96S4Si4. The van der Waals surface area contributed by atoms with Gasteiger partial charge >= 0.3 is 0 Å². The Balaban J connectivity index is 0.000000248. The fraction of sp³-hybridized carbons (Fsp3) is 0.655. The third kappa shape index (κ3) is 8.73. The van der Waals surface area contributed by atoms with E-state index in [9.17, 15) is 0 Å². The number of fused-ring (bicyclic) bond motifs is 4. The monoisotopic (exact) mass is 1030 g/mol. The summed E-state index contributed by atoms with van der Waals surface area (Å²) < 4.78 is 13.1. The molecule has 4 aromatic heterocycles. The van der Waals surface area contributed by atoms with Gasteiger partial charge in [0.2, 0.25) is 0 Å². The molecule has 6 rings (SSSR count). The topological polar surface area (TPSA) is 0 Å². The van der Waals surface area contributed by atoms with Crippen LogP contribution >= 0.6 is 45.3 Å². The van der Waals surface area contributed by atoms with Gasteiger partial charge in [0.1, 0.15) is 32.3 Å². The highest BCUT2D eigenvalue weighted by atomic mass is 32.1. The average molecular weight is 1030 g/mol. The molecule has 0 saturated carbocycles. The number of thiophene rings is 4. The van der Waals surface area contributed by atoms with E-state index in [0.29, 0.717) is 0 Å². The molecule has 0 unspecified atom stereocenters. The molecule has 0 atom stereocenters. The first-order valence-corrected chi connectivity index (χ1v) is 38.6. The van der Waals surface area contributed by atoms with Gasteiger partial charge in [-0.25, -0.2) is 0 Å². The Labute approximate surface area is 426 Å². The zero-order chi connectivity index (χ0) is 50.1. The van der Waals surface area contributed by atoms with Crippen LogP contribution < -0.4 is 18.0 Å². The van der Waals surface area contributed by atoms with E-state index in [-0.39, 0.29) is 0 Å². The van der Waals surface area contributed by atoms with Gasteiger partial charge in [-0.15, -0.1) is 45.3 Å². The summed E-state index contributed by atoms with van der Waals surface area (Å²) in [6.45, 7) is 64.5. The molecule has 0 bridgehead atoms. The predicted octanol–water partition coefficient (Wildman–Crippen LogP) is 20.4. The lowest BCUT2D eigenvalue weighted by molar-refractivity contribution is 0.837. The van der Waals surface area contributed by atoms with Gasteiger partial charge < -0.3 is 0 Å². The van der Waals surface area contributed by atoms with Crippen LogP contribution in [0.2, 0.25) is 66.5 Å². The zero-order valence-corrected chi connectivity index (χ0v) is 54.3. The predicted molar refractivity (Wildman–Crippen MR) is 327 cm³/mol. The average Bonchev–Trinajstić information content (AvgIpc) is 3.98. The first-order valence-electron chi connectivity index (χ1n) is 26.4. The summed E-state index contributed by atoms with van der Waals surface area (Å²) in [6, 6.07) is 15.6. The lowest BCUT2D eigenvalue weighted by Crippen LogP contribution is -2.54. The number of aryl methyl sites for hydroxylation is 2. The van der Waals surface area contributed by atoms with Gasteiger partial charge in [0, 0.05) is 18.8 Å². The minimum absolute atomic E-state index is 0.753. The molecule has 368 valence electrons. The van der Waals surface area contributed by atoms with E-state index in [4.69, 9.17) is 0 Å². The van der Waals surface area contributed by atoms with Gasteiger partial charge in [0.25, 0.3) is 0 Å². The van der Waals surface area contributed by atoms with E-state index in [1.807, 2.05) is 0 Å². The number of hydrogen-bond donors (Lipinski definition) is 0. The molecule has 8 heteroatoms. The highest BCUT2D eigenvalue weighted by Crippen LogP contribution is 2.49. The second kappa shape index (κ2) is 20.7. The van der Waals surface area contributed by atoms with Gasteiger partial charge in [0.15, 0.2) is 0 Å². The van der Waals surface area contributed by atoms with Crippen molar-refractivity contribution >= 4 is 136 Å². The van der Waals surface area contributed by atoms with Crippen LogP contribution in [0.4, 0.5) is 0 Å². The van der Waals surface area contributed by atoms with E-state index < -0.39 is 32.3 Å². The highest BCUT2D eigenvalue weighted by Gasteiger charge is 2.49. The Hall–Kier alpha value is -0.852. The van der Waals surface area contributed by atoms with Gasteiger partial charge in [-0.2, -0.15) is 0 Å². The van der Waals surface area contributed by atoms with Gasteiger partial charge in [-0.05, 0) is 167 Å². The van der Waals surface area contributed by atoms with Crippen molar-refractivity contribution in [3.8, 4) is 0 Å². The maximum atomic E-state index is 2.66. The van der Waals surface area contributed by atoms with Crippen molar-refractivity contribution in [1.82, 2.24) is 0 Å². The third-order valence-corrected chi connectivity index (χ3v) is 54.6. The fourth-order valence-corrected chi connectivity index (χ4v) is 56.6. The van der Waals surface area contributed by atoms with Gasteiger partial charge in [0.05, 0.1) is 0 Å². The van der Waals surface area contributed by atoms with Crippen LogP contribution in [0.15, 0.2) is 36.4 Å². The van der Waals surface area contributed by atoms with E-state index >= 15 is 0 Å². The van der Waals surface area contributed by atoms with Gasteiger partial charge in [-0.1, -0.05) is 166 Å². The molecule has 6 aromatic rings. The van der Waals surface area contributed by atoms with Crippen molar-refractivity contribution in [3.05, 3.63) is 47.5 Å². The zero-order valence-electron chi connectivity index (χ0n) is 47.0. The molecule has 2 aromatic carbocycles. The molecule has 0 aliphatic carbocycles. The van der Waals surface area contributed by atoms with Crippen molar-refractivity contribution in [2.45, 2.75) is 247 Å². The normalized spacial score (nSPS) is 14.0. The smallest absolute Gasteiger partial charge is 0.107 e. The summed E-state index contributed by atoms with van der Waals surface area (Å²) in [4.78, 5) is 0. The lowest BCUT2D eigenvalue weighted by Gasteiger charge is -2.42. The van der Waals surface area contributed by atoms with Crippen LogP contribution in [0.25, 0.3) is 40.3 Å². The summed E-state index contributed by atoms with van der Waals surface area (Å²) in [5, 5.41) is 6.05. The van der Waals surface area contributed by atoms with E-state index in [2.05, 4.69) is 262 Å². The SMILES string of the molecule is CC(C)[Si](c1cc2cc3sc([Si](C(C)C)(C(C)C)C(C)C)cc3cc2s1)(C(C)C)C(C)C.Cc1c2cc([Si](C(C)C)(C(C)C)C(C)C)sc2c(C)c2cc([Si](C(C)C)(C(C)C)C(C)C)sc12. The van der Waals surface area contributed by atoms with Crippen LogP contribution in [0.5, 0.6) is 0 Å². The molecule has 0 fully saturated rings. The molecule has 0 spiro atoms. The standard InChI is InChI=1S/C30H50S2Si2.C28H46S2Si2/c1-17(2)33(18(3)4,19(5)6)27-15-25-23(13)30-26(24(14)29(25)31-27)16-28(32-30)34(20(7)8,21(9)10)22(11)12;1-17(2)31(18(3)4,19(5)6)27-15-23-13-26-24(14-25(23)29-27)16-28(30-26)32(20(7)8,21(9)10)22(11)12/h15-22H,1-14H3;13-22H,1-12H3.